The fourth-order valence-corrected chi connectivity index (χ4v) is 3.54. The number of nitriles is 1. The molecule has 0 fully saturated rings. The summed E-state index contributed by atoms with van der Waals surface area (Å²) >= 11 is 3.08. The summed E-state index contributed by atoms with van der Waals surface area (Å²) in [5.41, 5.74) is -0.507. The van der Waals surface area contributed by atoms with Crippen LogP contribution in [0, 0.1) is 21.4 Å². The second-order valence-corrected chi connectivity index (χ2v) is 6.56. The smallest absolute Gasteiger partial charge is 0.258 e. The number of nitrogens with zero attached hydrogens (tertiary/aromatic N) is 2. The van der Waals surface area contributed by atoms with Crippen LogP contribution in [0.4, 0.5) is 5.69 Å². The lowest BCUT2D eigenvalue weighted by Gasteiger charge is -2.14. The Hall–Kier alpha value is -1.50. The Balaban J connectivity index is 3.25. The van der Waals surface area contributed by atoms with Crippen molar-refractivity contribution in [2.24, 2.45) is 0 Å². The number of nitrogens with one attached hydrogen (secondary N) is 1. The van der Waals surface area contributed by atoms with Crippen molar-refractivity contribution in [2.75, 3.05) is 0 Å². The van der Waals surface area contributed by atoms with Crippen molar-refractivity contribution in [3.05, 3.63) is 32.8 Å². The third-order valence-corrected chi connectivity index (χ3v) is 4.60. The van der Waals surface area contributed by atoms with E-state index in [1.54, 1.807) is 6.92 Å². The number of halogens is 1. The van der Waals surface area contributed by atoms with Crippen molar-refractivity contribution in [3.63, 3.8) is 0 Å². The summed E-state index contributed by atoms with van der Waals surface area (Å²) in [6.07, 6.45) is 0.409. The average molecular weight is 362 g/mol. The van der Waals surface area contributed by atoms with E-state index in [0.717, 1.165) is 6.07 Å². The van der Waals surface area contributed by atoms with Crippen LogP contribution in [0.5, 0.6) is 0 Å². The van der Waals surface area contributed by atoms with Gasteiger partial charge in [0.2, 0.25) is 10.0 Å². The van der Waals surface area contributed by atoms with Gasteiger partial charge in [0.05, 0.1) is 17.4 Å². The van der Waals surface area contributed by atoms with Crippen LogP contribution in [0.2, 0.25) is 0 Å². The number of hydrogen-bond acceptors (Lipinski definition) is 5. The zero-order valence-corrected chi connectivity index (χ0v) is 12.9. The van der Waals surface area contributed by atoms with Gasteiger partial charge < -0.3 is 0 Å². The van der Waals surface area contributed by atoms with Crippen molar-refractivity contribution >= 4 is 31.6 Å². The molecule has 0 spiro atoms. The second kappa shape index (κ2) is 6.78. The van der Waals surface area contributed by atoms with Crippen molar-refractivity contribution in [2.45, 2.75) is 30.7 Å². The van der Waals surface area contributed by atoms with E-state index in [1.165, 1.54) is 12.1 Å². The lowest BCUT2D eigenvalue weighted by molar-refractivity contribution is -0.387. The zero-order valence-electron chi connectivity index (χ0n) is 10.5. The second-order valence-electron chi connectivity index (χ2n) is 3.96. The Labute approximate surface area is 124 Å². The summed E-state index contributed by atoms with van der Waals surface area (Å²) in [6.45, 7) is 1.72. The standard InChI is InChI=1S/C11H12BrN3O4S/c1-2-9(5-6-13)14-20(18,19)11-7-8(12)3-4-10(11)15(16)17/h3-4,7,9,14H,2,5H2,1H3. The molecule has 0 saturated heterocycles. The van der Waals surface area contributed by atoms with Crippen LogP contribution >= 0.6 is 15.9 Å². The molecule has 0 aliphatic rings. The molecule has 9 heteroatoms. The first-order valence-electron chi connectivity index (χ1n) is 5.65. The van der Waals surface area contributed by atoms with Crippen molar-refractivity contribution in [1.82, 2.24) is 4.72 Å². The summed E-state index contributed by atoms with van der Waals surface area (Å²) in [5.74, 6) is 0. The van der Waals surface area contributed by atoms with Crippen molar-refractivity contribution in [3.8, 4) is 6.07 Å². The fraction of sp³-hybridized carbons (Fsp3) is 0.364. The number of hydrogen-bond donors (Lipinski definition) is 1. The molecule has 108 valence electrons. The van der Waals surface area contributed by atoms with Crippen LogP contribution in [0.25, 0.3) is 0 Å². The van der Waals surface area contributed by atoms with Crippen LogP contribution in [-0.4, -0.2) is 19.4 Å². The van der Waals surface area contributed by atoms with E-state index in [9.17, 15) is 18.5 Å². The predicted octanol–water partition coefficient (Wildman–Crippen LogP) is 2.33. The molecular formula is C11H12BrN3O4S. The van der Waals surface area contributed by atoms with Gasteiger partial charge in [0, 0.05) is 16.6 Å². The number of sulfonamides is 1. The van der Waals surface area contributed by atoms with Gasteiger partial charge in [-0.15, -0.1) is 0 Å². The number of nitro benzene ring substituents is 1. The van der Waals surface area contributed by atoms with E-state index in [4.69, 9.17) is 5.26 Å². The molecule has 0 heterocycles. The van der Waals surface area contributed by atoms with Gasteiger partial charge in [0.15, 0.2) is 4.90 Å². The van der Waals surface area contributed by atoms with Crippen LogP contribution < -0.4 is 4.72 Å². The highest BCUT2D eigenvalue weighted by Gasteiger charge is 2.27. The molecule has 1 rings (SSSR count). The largest absolute Gasteiger partial charge is 0.289 e. The summed E-state index contributed by atoms with van der Waals surface area (Å²) in [4.78, 5) is 9.73. The fourth-order valence-electron chi connectivity index (χ4n) is 1.52. The Bertz CT molecular complexity index is 654. The van der Waals surface area contributed by atoms with Crippen LogP contribution in [-0.2, 0) is 10.0 Å². The molecule has 0 aromatic heterocycles. The first kappa shape index (κ1) is 16.6. The maximum Gasteiger partial charge on any atom is 0.289 e. The number of benzene rings is 1. The minimum atomic E-state index is -4.06. The van der Waals surface area contributed by atoms with Gasteiger partial charge in [-0.05, 0) is 18.6 Å². The van der Waals surface area contributed by atoms with Gasteiger partial charge in [-0.3, -0.25) is 10.1 Å². The molecule has 0 amide bonds. The quantitative estimate of drug-likeness (QED) is 0.616. The molecule has 1 aromatic carbocycles. The molecule has 0 bridgehead atoms. The zero-order chi connectivity index (χ0) is 15.3. The van der Waals surface area contributed by atoms with E-state index < -0.39 is 31.6 Å². The van der Waals surface area contributed by atoms with Gasteiger partial charge in [0.1, 0.15) is 0 Å². The normalized spacial score (nSPS) is 12.7. The molecular weight excluding hydrogens is 350 g/mol. The van der Waals surface area contributed by atoms with Gasteiger partial charge in [-0.2, -0.15) is 5.26 Å². The minimum Gasteiger partial charge on any atom is -0.258 e. The Kier molecular flexibility index (Phi) is 5.62. The highest BCUT2D eigenvalue weighted by atomic mass is 79.9. The van der Waals surface area contributed by atoms with Crippen molar-refractivity contribution in [1.29, 1.82) is 5.26 Å². The summed E-state index contributed by atoms with van der Waals surface area (Å²) < 4.78 is 27.1. The first-order valence-corrected chi connectivity index (χ1v) is 7.92. The average Bonchev–Trinajstić information content (AvgIpc) is 2.37. The molecule has 20 heavy (non-hydrogen) atoms. The highest BCUT2D eigenvalue weighted by molar-refractivity contribution is 9.10. The Morgan fingerprint density at radius 3 is 2.70 bits per heavy atom. The SMILES string of the molecule is CCC(CC#N)NS(=O)(=O)c1cc(Br)ccc1[N+](=O)[O-]. The van der Waals surface area contributed by atoms with E-state index in [-0.39, 0.29) is 6.42 Å². The summed E-state index contributed by atoms with van der Waals surface area (Å²) in [7, 11) is -4.06. The summed E-state index contributed by atoms with van der Waals surface area (Å²) in [5, 5.41) is 19.5. The van der Waals surface area contributed by atoms with Gasteiger partial charge in [-0.25, -0.2) is 13.1 Å². The molecule has 0 aliphatic heterocycles. The molecule has 7 nitrogen and oxygen atoms in total. The summed E-state index contributed by atoms with van der Waals surface area (Å²) in [6, 6.07) is 4.97. The van der Waals surface area contributed by atoms with Crippen LogP contribution in [0.1, 0.15) is 19.8 Å². The molecule has 0 saturated carbocycles. The minimum absolute atomic E-state index is 0.00245. The van der Waals surface area contributed by atoms with Crippen LogP contribution in [0.15, 0.2) is 27.6 Å². The molecule has 0 radical (unpaired) electrons. The topological polar surface area (TPSA) is 113 Å². The molecule has 1 unspecified atom stereocenters. The van der Waals surface area contributed by atoms with Crippen molar-refractivity contribution < 1.29 is 13.3 Å². The van der Waals surface area contributed by atoms with Gasteiger partial charge in [0.25, 0.3) is 5.69 Å². The molecule has 1 atom stereocenters. The monoisotopic (exact) mass is 361 g/mol. The van der Waals surface area contributed by atoms with Crippen LogP contribution in [0.3, 0.4) is 0 Å². The maximum atomic E-state index is 12.2. The van der Waals surface area contributed by atoms with E-state index in [2.05, 4.69) is 20.7 Å². The number of nitro groups is 1. The van der Waals surface area contributed by atoms with Gasteiger partial charge in [-0.1, -0.05) is 22.9 Å². The third kappa shape index (κ3) is 4.00. The first-order chi connectivity index (χ1) is 9.31. The van der Waals surface area contributed by atoms with E-state index >= 15 is 0 Å². The Morgan fingerprint density at radius 1 is 1.55 bits per heavy atom. The predicted molar refractivity (Wildman–Crippen MR) is 75.4 cm³/mol. The highest BCUT2D eigenvalue weighted by Crippen LogP contribution is 2.27. The lowest BCUT2D eigenvalue weighted by atomic mass is 10.2. The number of rotatable bonds is 6. The van der Waals surface area contributed by atoms with Gasteiger partial charge >= 0.3 is 0 Å². The molecule has 1 aromatic rings. The maximum absolute atomic E-state index is 12.2. The molecule has 1 N–H and O–H groups in total. The Morgan fingerprint density at radius 2 is 2.20 bits per heavy atom. The third-order valence-electron chi connectivity index (χ3n) is 2.56. The van der Waals surface area contributed by atoms with E-state index in [1.807, 2.05) is 6.07 Å². The lowest BCUT2D eigenvalue weighted by Crippen LogP contribution is -2.34. The van der Waals surface area contributed by atoms with E-state index in [0.29, 0.717) is 10.9 Å². The molecule has 0 aliphatic carbocycles.